The van der Waals surface area contributed by atoms with E-state index in [0.29, 0.717) is 30.0 Å². The first kappa shape index (κ1) is 20.6. The van der Waals surface area contributed by atoms with Gasteiger partial charge in [0.15, 0.2) is 0 Å². The third-order valence-corrected chi connectivity index (χ3v) is 6.07. The molecule has 1 aromatic heterocycles. The lowest BCUT2D eigenvalue weighted by atomic mass is 10.2. The Morgan fingerprint density at radius 3 is 2.67 bits per heavy atom. The first-order valence-corrected chi connectivity index (χ1v) is 10.6. The van der Waals surface area contributed by atoms with Crippen LogP contribution in [0.15, 0.2) is 58.2 Å². The van der Waals surface area contributed by atoms with Gasteiger partial charge in [-0.1, -0.05) is 41.9 Å². The van der Waals surface area contributed by atoms with Crippen LogP contribution >= 0.6 is 23.4 Å². The van der Waals surface area contributed by atoms with E-state index < -0.39 is 11.1 Å². The molecule has 2 amide bonds. The van der Waals surface area contributed by atoms with E-state index in [9.17, 15) is 14.0 Å². The van der Waals surface area contributed by atoms with Crippen molar-refractivity contribution >= 4 is 35.2 Å². The number of halogens is 2. The summed E-state index contributed by atoms with van der Waals surface area (Å²) in [7, 11) is 0. The van der Waals surface area contributed by atoms with Gasteiger partial charge in [-0.3, -0.25) is 14.5 Å². The van der Waals surface area contributed by atoms with Crippen LogP contribution in [0.1, 0.15) is 29.6 Å². The van der Waals surface area contributed by atoms with Gasteiger partial charge in [-0.05, 0) is 49.2 Å². The number of nitrogens with zero attached hydrogens (tertiary/aromatic N) is 3. The normalized spacial score (nSPS) is 17.1. The van der Waals surface area contributed by atoms with Crippen molar-refractivity contribution in [2.45, 2.75) is 29.7 Å². The summed E-state index contributed by atoms with van der Waals surface area (Å²) < 4.78 is 19.5. The Hall–Kier alpha value is -2.71. The van der Waals surface area contributed by atoms with E-state index in [4.69, 9.17) is 16.0 Å². The molecular formula is C21H17ClFN3O3S. The van der Waals surface area contributed by atoms with Crippen molar-refractivity contribution in [1.82, 2.24) is 15.1 Å². The van der Waals surface area contributed by atoms with E-state index in [-0.39, 0.29) is 28.5 Å². The summed E-state index contributed by atoms with van der Waals surface area (Å²) in [6.07, 6.45) is 2.07. The Balaban J connectivity index is 1.51. The minimum absolute atomic E-state index is 0.0470. The van der Waals surface area contributed by atoms with Crippen molar-refractivity contribution in [2.75, 3.05) is 6.54 Å². The van der Waals surface area contributed by atoms with Crippen LogP contribution in [0.4, 0.5) is 4.39 Å². The molecule has 1 fully saturated rings. The van der Waals surface area contributed by atoms with E-state index in [1.54, 1.807) is 42.5 Å². The lowest BCUT2D eigenvalue weighted by molar-refractivity contribution is -0.127. The van der Waals surface area contributed by atoms with Crippen molar-refractivity contribution in [3.8, 4) is 11.5 Å². The summed E-state index contributed by atoms with van der Waals surface area (Å²) in [5.41, 5.74) is 0.599. The van der Waals surface area contributed by atoms with Crippen LogP contribution < -0.4 is 0 Å². The Morgan fingerprint density at radius 1 is 1.13 bits per heavy atom. The molecule has 0 bridgehead atoms. The third kappa shape index (κ3) is 4.39. The van der Waals surface area contributed by atoms with Crippen LogP contribution in [-0.4, -0.2) is 38.7 Å². The number of carbonyl (C=O) groups excluding carboxylic acids is 2. The number of amides is 2. The van der Waals surface area contributed by atoms with Crippen molar-refractivity contribution < 1.29 is 18.4 Å². The zero-order valence-electron chi connectivity index (χ0n) is 15.8. The second-order valence-electron chi connectivity index (χ2n) is 6.76. The summed E-state index contributed by atoms with van der Waals surface area (Å²) in [6, 6.07) is 12.5. The number of imide groups is 1. The highest BCUT2D eigenvalue weighted by Crippen LogP contribution is 2.32. The lowest BCUT2D eigenvalue weighted by Gasteiger charge is -2.21. The largest absolute Gasteiger partial charge is 0.411 e. The molecule has 3 aromatic rings. The van der Waals surface area contributed by atoms with Crippen molar-refractivity contribution in [3.05, 3.63) is 64.9 Å². The SMILES string of the molecule is O=C(c1ccc(Cl)cc1)N1CCCC[C@H](Sc2nnc(-c3ccccc3F)o2)C1=O. The average molecular weight is 446 g/mol. The molecule has 1 saturated heterocycles. The maximum Gasteiger partial charge on any atom is 0.277 e. The average Bonchev–Trinajstić information content (AvgIpc) is 3.13. The molecule has 1 aliphatic heterocycles. The molecule has 9 heteroatoms. The van der Waals surface area contributed by atoms with Crippen molar-refractivity contribution in [2.24, 2.45) is 0 Å². The maximum absolute atomic E-state index is 13.9. The lowest BCUT2D eigenvalue weighted by Crippen LogP contribution is -2.41. The highest BCUT2D eigenvalue weighted by atomic mass is 35.5. The second-order valence-corrected chi connectivity index (χ2v) is 8.35. The predicted molar refractivity (Wildman–Crippen MR) is 111 cm³/mol. The van der Waals surface area contributed by atoms with Crippen LogP contribution in [0, 0.1) is 5.82 Å². The predicted octanol–water partition coefficient (Wildman–Crippen LogP) is 4.84. The van der Waals surface area contributed by atoms with Crippen LogP contribution in [0.2, 0.25) is 5.02 Å². The fraction of sp³-hybridized carbons (Fsp3) is 0.238. The van der Waals surface area contributed by atoms with Gasteiger partial charge in [-0.2, -0.15) is 0 Å². The van der Waals surface area contributed by atoms with E-state index in [1.807, 2.05) is 0 Å². The minimum Gasteiger partial charge on any atom is -0.411 e. The number of thioether (sulfide) groups is 1. The van der Waals surface area contributed by atoms with Crippen molar-refractivity contribution in [1.29, 1.82) is 0 Å². The first-order chi connectivity index (χ1) is 14.5. The van der Waals surface area contributed by atoms with Crippen LogP contribution in [-0.2, 0) is 4.79 Å². The molecule has 154 valence electrons. The smallest absolute Gasteiger partial charge is 0.277 e. The Morgan fingerprint density at radius 2 is 1.90 bits per heavy atom. The molecule has 1 aliphatic rings. The number of hydrogen-bond acceptors (Lipinski definition) is 6. The quantitative estimate of drug-likeness (QED) is 0.535. The Bertz CT molecular complexity index is 1070. The molecule has 0 radical (unpaired) electrons. The fourth-order valence-electron chi connectivity index (χ4n) is 3.19. The Kier molecular flexibility index (Phi) is 6.15. The zero-order chi connectivity index (χ0) is 21.1. The van der Waals surface area contributed by atoms with Crippen molar-refractivity contribution in [3.63, 3.8) is 0 Å². The first-order valence-electron chi connectivity index (χ1n) is 9.39. The molecule has 4 rings (SSSR count). The number of rotatable bonds is 4. The van der Waals surface area contributed by atoms with Gasteiger partial charge in [0.2, 0.25) is 5.91 Å². The molecule has 0 unspecified atom stereocenters. The standard InChI is InChI=1S/C21H17ClFN3O3S/c22-14-10-8-13(9-11-14)19(27)26-12-4-3-7-17(20(26)28)30-21-25-24-18(29-21)15-5-1-2-6-16(15)23/h1-2,5-6,8-11,17H,3-4,7,12H2/t17-/m0/s1. The number of carbonyl (C=O) groups is 2. The van der Waals surface area contributed by atoms with Gasteiger partial charge in [0, 0.05) is 17.1 Å². The van der Waals surface area contributed by atoms with E-state index >= 15 is 0 Å². The molecule has 0 saturated carbocycles. The molecule has 0 aliphatic carbocycles. The zero-order valence-corrected chi connectivity index (χ0v) is 17.3. The summed E-state index contributed by atoms with van der Waals surface area (Å²) in [5.74, 6) is -1.08. The molecule has 30 heavy (non-hydrogen) atoms. The van der Waals surface area contributed by atoms with Gasteiger partial charge in [-0.15, -0.1) is 10.2 Å². The van der Waals surface area contributed by atoms with Crippen LogP contribution in [0.25, 0.3) is 11.5 Å². The van der Waals surface area contributed by atoms with Gasteiger partial charge >= 0.3 is 0 Å². The van der Waals surface area contributed by atoms with Crippen LogP contribution in [0.5, 0.6) is 0 Å². The number of benzene rings is 2. The Labute approximate surface area is 181 Å². The second kappa shape index (κ2) is 8.97. The van der Waals surface area contributed by atoms with Gasteiger partial charge < -0.3 is 4.42 Å². The molecular weight excluding hydrogens is 429 g/mol. The summed E-state index contributed by atoms with van der Waals surface area (Å²) in [5, 5.41) is 7.96. The number of aromatic nitrogens is 2. The van der Waals surface area contributed by atoms with E-state index in [2.05, 4.69) is 10.2 Å². The number of likely N-dealkylation sites (tertiary alicyclic amines) is 1. The van der Waals surface area contributed by atoms with Gasteiger partial charge in [0.1, 0.15) is 5.82 Å². The third-order valence-electron chi connectivity index (χ3n) is 4.73. The minimum atomic E-state index is -0.544. The molecule has 2 aromatic carbocycles. The number of hydrogen-bond donors (Lipinski definition) is 0. The molecule has 0 N–H and O–H groups in total. The highest BCUT2D eigenvalue weighted by Gasteiger charge is 2.33. The highest BCUT2D eigenvalue weighted by molar-refractivity contribution is 8.00. The topological polar surface area (TPSA) is 76.3 Å². The summed E-state index contributed by atoms with van der Waals surface area (Å²) in [4.78, 5) is 27.2. The molecule has 6 nitrogen and oxygen atoms in total. The van der Waals surface area contributed by atoms with Gasteiger partial charge in [0.05, 0.1) is 10.8 Å². The monoisotopic (exact) mass is 445 g/mol. The van der Waals surface area contributed by atoms with E-state index in [0.717, 1.165) is 18.2 Å². The fourth-order valence-corrected chi connectivity index (χ4v) is 4.29. The maximum atomic E-state index is 13.9. The molecule has 2 heterocycles. The molecule has 1 atom stereocenters. The molecule has 0 spiro atoms. The summed E-state index contributed by atoms with van der Waals surface area (Å²) in [6.45, 7) is 0.349. The van der Waals surface area contributed by atoms with E-state index in [1.165, 1.54) is 11.0 Å². The van der Waals surface area contributed by atoms with Crippen LogP contribution in [0.3, 0.4) is 0 Å². The summed E-state index contributed by atoms with van der Waals surface area (Å²) >= 11 is 6.98. The van der Waals surface area contributed by atoms with Gasteiger partial charge in [0.25, 0.3) is 17.0 Å². The van der Waals surface area contributed by atoms with Gasteiger partial charge in [-0.25, -0.2) is 4.39 Å².